The van der Waals surface area contributed by atoms with E-state index < -0.39 is 0 Å². The minimum atomic E-state index is 0.303. The molecule has 0 fully saturated rings. The average molecular weight is 458 g/mol. The van der Waals surface area contributed by atoms with Gasteiger partial charge in [-0.2, -0.15) is 9.90 Å². The second kappa shape index (κ2) is 8.03. The summed E-state index contributed by atoms with van der Waals surface area (Å²) in [7, 11) is 0. The molecule has 0 bridgehead atoms. The number of halogens is 1. The molecule has 0 spiro atoms. The van der Waals surface area contributed by atoms with E-state index in [0.717, 1.165) is 21.5 Å². The van der Waals surface area contributed by atoms with E-state index in [0.29, 0.717) is 29.6 Å². The molecule has 0 saturated heterocycles. The summed E-state index contributed by atoms with van der Waals surface area (Å²) in [6, 6.07) is 15.4. The van der Waals surface area contributed by atoms with Gasteiger partial charge in [0, 0.05) is 10.0 Å². The number of aromatic nitrogens is 7. The number of nitrogens with zero attached hydrogens (tertiary/aromatic N) is 6. The van der Waals surface area contributed by atoms with Crippen molar-refractivity contribution in [2.75, 3.05) is 6.61 Å². The van der Waals surface area contributed by atoms with Crippen molar-refractivity contribution in [3.8, 4) is 22.8 Å². The molecule has 0 unspecified atom stereocenters. The highest BCUT2D eigenvalue weighted by Gasteiger charge is 2.15. The third-order valence-electron chi connectivity index (χ3n) is 3.99. The lowest BCUT2D eigenvalue weighted by Gasteiger charge is -2.12. The van der Waals surface area contributed by atoms with Crippen LogP contribution in [-0.2, 0) is 6.54 Å². The SMILES string of the molecule is CCOc1ccccc1-n1c(Cn2nnc(-c3ccc(Br)cc3)n2)n[nH]c1=S. The van der Waals surface area contributed by atoms with Gasteiger partial charge in [-0.25, -0.2) is 0 Å². The van der Waals surface area contributed by atoms with E-state index >= 15 is 0 Å². The Morgan fingerprint density at radius 1 is 1.14 bits per heavy atom. The van der Waals surface area contributed by atoms with Gasteiger partial charge in [-0.3, -0.25) is 9.67 Å². The molecule has 2 aromatic carbocycles. The summed E-state index contributed by atoms with van der Waals surface area (Å²) in [4.78, 5) is 1.49. The minimum Gasteiger partial charge on any atom is -0.492 e. The normalized spacial score (nSPS) is 10.9. The predicted molar refractivity (Wildman–Crippen MR) is 110 cm³/mol. The fraction of sp³-hybridized carbons (Fsp3) is 0.167. The van der Waals surface area contributed by atoms with Crippen LogP contribution in [0.4, 0.5) is 0 Å². The van der Waals surface area contributed by atoms with Crippen LogP contribution in [0.5, 0.6) is 5.75 Å². The van der Waals surface area contributed by atoms with Crippen molar-refractivity contribution >= 4 is 28.1 Å². The lowest BCUT2D eigenvalue weighted by Crippen LogP contribution is -2.11. The molecule has 8 nitrogen and oxygen atoms in total. The number of H-pyrrole nitrogens is 1. The smallest absolute Gasteiger partial charge is 0.204 e. The minimum absolute atomic E-state index is 0.303. The predicted octanol–water partition coefficient (Wildman–Crippen LogP) is 3.79. The van der Waals surface area contributed by atoms with Gasteiger partial charge in [-0.15, -0.1) is 10.2 Å². The van der Waals surface area contributed by atoms with Gasteiger partial charge in [-0.1, -0.05) is 28.1 Å². The van der Waals surface area contributed by atoms with Crippen LogP contribution in [0, 0.1) is 4.77 Å². The summed E-state index contributed by atoms with van der Waals surface area (Å²) in [6.45, 7) is 2.80. The second-order valence-corrected chi connectivity index (χ2v) is 7.13. The summed E-state index contributed by atoms with van der Waals surface area (Å²) in [6.07, 6.45) is 0. The fourth-order valence-corrected chi connectivity index (χ4v) is 3.27. The Labute approximate surface area is 174 Å². The second-order valence-electron chi connectivity index (χ2n) is 5.83. The van der Waals surface area contributed by atoms with Crippen molar-refractivity contribution in [2.45, 2.75) is 13.5 Å². The first-order chi connectivity index (χ1) is 13.7. The van der Waals surface area contributed by atoms with Crippen molar-refractivity contribution in [3.63, 3.8) is 0 Å². The van der Waals surface area contributed by atoms with Gasteiger partial charge in [0.25, 0.3) is 0 Å². The van der Waals surface area contributed by atoms with Gasteiger partial charge < -0.3 is 4.74 Å². The summed E-state index contributed by atoms with van der Waals surface area (Å²) < 4.78 is 9.01. The molecule has 142 valence electrons. The van der Waals surface area contributed by atoms with E-state index in [1.54, 1.807) is 0 Å². The maximum atomic E-state index is 5.73. The molecule has 0 aliphatic heterocycles. The highest BCUT2D eigenvalue weighted by Crippen LogP contribution is 2.24. The van der Waals surface area contributed by atoms with E-state index in [9.17, 15) is 0 Å². The van der Waals surface area contributed by atoms with E-state index in [-0.39, 0.29) is 0 Å². The third kappa shape index (κ3) is 3.73. The highest BCUT2D eigenvalue weighted by molar-refractivity contribution is 9.10. The standard InChI is InChI=1S/C18H16BrN7OS/c1-2-27-15-6-4-3-5-14(15)26-16(20-22-18(26)28)11-25-23-17(21-24-25)12-7-9-13(19)10-8-12/h3-10H,2,11H2,1H3,(H,22,28). The molecule has 0 amide bonds. The number of hydrogen-bond donors (Lipinski definition) is 1. The third-order valence-corrected chi connectivity index (χ3v) is 4.79. The van der Waals surface area contributed by atoms with Gasteiger partial charge in [0.1, 0.15) is 12.3 Å². The molecule has 0 aliphatic carbocycles. The van der Waals surface area contributed by atoms with Gasteiger partial charge >= 0.3 is 0 Å². The molecule has 0 aliphatic rings. The van der Waals surface area contributed by atoms with Gasteiger partial charge in [0.05, 0.1) is 12.3 Å². The van der Waals surface area contributed by atoms with E-state index in [4.69, 9.17) is 17.0 Å². The summed E-state index contributed by atoms with van der Waals surface area (Å²) in [5, 5.41) is 19.9. The zero-order valence-corrected chi connectivity index (χ0v) is 17.3. The molecule has 2 heterocycles. The quantitative estimate of drug-likeness (QED) is 0.443. The first-order valence-corrected chi connectivity index (χ1v) is 9.78. The number of hydrogen-bond acceptors (Lipinski definition) is 6. The molecule has 4 rings (SSSR count). The molecule has 0 radical (unpaired) electrons. The largest absolute Gasteiger partial charge is 0.492 e. The first-order valence-electron chi connectivity index (χ1n) is 8.58. The van der Waals surface area contributed by atoms with Crippen LogP contribution in [0.15, 0.2) is 53.0 Å². The van der Waals surface area contributed by atoms with Crippen LogP contribution >= 0.6 is 28.1 Å². The lowest BCUT2D eigenvalue weighted by molar-refractivity contribution is 0.338. The molecule has 0 atom stereocenters. The van der Waals surface area contributed by atoms with Gasteiger partial charge in [-0.05, 0) is 60.8 Å². The Bertz CT molecular complexity index is 1150. The fourth-order valence-electron chi connectivity index (χ4n) is 2.75. The Hall–Kier alpha value is -2.85. The van der Waals surface area contributed by atoms with Crippen molar-refractivity contribution in [1.82, 2.24) is 35.0 Å². The van der Waals surface area contributed by atoms with Crippen LogP contribution < -0.4 is 4.74 Å². The average Bonchev–Trinajstić information content (AvgIpc) is 3.31. The highest BCUT2D eigenvalue weighted by atomic mass is 79.9. The summed E-state index contributed by atoms with van der Waals surface area (Å²) in [5.41, 5.74) is 1.70. The molecular formula is C18H16BrN7OS. The Balaban J connectivity index is 1.66. The summed E-state index contributed by atoms with van der Waals surface area (Å²) in [5.74, 6) is 1.92. The van der Waals surface area contributed by atoms with Gasteiger partial charge in [0.15, 0.2) is 10.6 Å². The van der Waals surface area contributed by atoms with Crippen LogP contribution in [0.3, 0.4) is 0 Å². The molecule has 28 heavy (non-hydrogen) atoms. The van der Waals surface area contributed by atoms with Crippen molar-refractivity contribution in [1.29, 1.82) is 0 Å². The van der Waals surface area contributed by atoms with E-state index in [2.05, 4.69) is 41.5 Å². The Morgan fingerprint density at radius 3 is 2.71 bits per heavy atom. The Kier molecular flexibility index (Phi) is 5.31. The van der Waals surface area contributed by atoms with Crippen molar-refractivity contribution in [2.24, 2.45) is 0 Å². The van der Waals surface area contributed by atoms with Crippen molar-refractivity contribution < 1.29 is 4.74 Å². The van der Waals surface area contributed by atoms with E-state index in [1.807, 2.05) is 60.0 Å². The zero-order chi connectivity index (χ0) is 19.5. The number of rotatable bonds is 6. The molecule has 10 heteroatoms. The maximum absolute atomic E-state index is 5.73. The van der Waals surface area contributed by atoms with Gasteiger partial charge in [0.2, 0.25) is 5.82 Å². The van der Waals surface area contributed by atoms with Crippen LogP contribution in [-0.4, -0.2) is 41.6 Å². The van der Waals surface area contributed by atoms with Crippen LogP contribution in [0.25, 0.3) is 17.1 Å². The number of para-hydroxylation sites is 2. The first kappa shape index (κ1) is 18.5. The topological polar surface area (TPSA) is 86.4 Å². The number of benzene rings is 2. The van der Waals surface area contributed by atoms with Crippen molar-refractivity contribution in [3.05, 3.63) is 63.6 Å². The Morgan fingerprint density at radius 2 is 1.93 bits per heavy atom. The number of nitrogens with one attached hydrogen (secondary N) is 1. The number of tetrazole rings is 1. The molecular weight excluding hydrogens is 442 g/mol. The number of ether oxygens (including phenoxy) is 1. The number of aromatic amines is 1. The zero-order valence-electron chi connectivity index (χ0n) is 14.9. The van der Waals surface area contributed by atoms with Crippen LogP contribution in [0.1, 0.15) is 12.7 Å². The van der Waals surface area contributed by atoms with E-state index in [1.165, 1.54) is 4.80 Å². The maximum Gasteiger partial charge on any atom is 0.204 e. The monoisotopic (exact) mass is 457 g/mol. The molecule has 0 saturated carbocycles. The lowest BCUT2D eigenvalue weighted by atomic mass is 10.2. The molecule has 1 N–H and O–H groups in total. The molecule has 4 aromatic rings. The molecule has 2 aromatic heterocycles. The van der Waals surface area contributed by atoms with Crippen LogP contribution in [0.2, 0.25) is 0 Å². The summed E-state index contributed by atoms with van der Waals surface area (Å²) >= 11 is 8.85.